The highest BCUT2D eigenvalue weighted by molar-refractivity contribution is 7.89. The van der Waals surface area contributed by atoms with Gasteiger partial charge in [0.2, 0.25) is 10.0 Å². The Balaban J connectivity index is 3.25. The van der Waals surface area contributed by atoms with Crippen molar-refractivity contribution in [1.29, 1.82) is 0 Å². The van der Waals surface area contributed by atoms with E-state index in [1.54, 1.807) is 0 Å². The lowest BCUT2D eigenvalue weighted by molar-refractivity contribution is -0.150. The quantitative estimate of drug-likeness (QED) is 0.865. The molecule has 21 heavy (non-hydrogen) atoms. The standard InChI is InChI=1S/C13H17ClFNO4S/c1-12(2,11(17)18)13(3,4)16-21(19,20)10-6-5-8(15)7-9(10)14/h5-7,16H,1-4H3,(H,17,18). The molecule has 0 aromatic heterocycles. The van der Waals surface area contributed by atoms with E-state index in [1.165, 1.54) is 27.7 Å². The summed E-state index contributed by atoms with van der Waals surface area (Å²) in [6, 6.07) is 2.88. The van der Waals surface area contributed by atoms with Crippen LogP contribution in [-0.2, 0) is 14.8 Å². The van der Waals surface area contributed by atoms with Crippen LogP contribution in [0.15, 0.2) is 23.1 Å². The average molecular weight is 338 g/mol. The lowest BCUT2D eigenvalue weighted by Crippen LogP contribution is -2.56. The Morgan fingerprint density at radius 1 is 1.29 bits per heavy atom. The van der Waals surface area contributed by atoms with Crippen LogP contribution in [0.2, 0.25) is 5.02 Å². The second-order valence-electron chi connectivity index (χ2n) is 5.74. The molecule has 0 radical (unpaired) electrons. The van der Waals surface area contributed by atoms with Crippen LogP contribution in [-0.4, -0.2) is 25.0 Å². The summed E-state index contributed by atoms with van der Waals surface area (Å²) in [5, 5.41) is 8.95. The summed E-state index contributed by atoms with van der Waals surface area (Å²) in [5.41, 5.74) is -2.66. The minimum absolute atomic E-state index is 0.272. The predicted molar refractivity (Wildman–Crippen MR) is 77.2 cm³/mol. The van der Waals surface area contributed by atoms with Crippen LogP contribution < -0.4 is 4.72 Å². The first-order valence-electron chi connectivity index (χ1n) is 6.04. The summed E-state index contributed by atoms with van der Waals surface area (Å²) in [4.78, 5) is 11.0. The van der Waals surface area contributed by atoms with Crippen molar-refractivity contribution in [2.75, 3.05) is 0 Å². The Bertz CT molecular complexity index is 671. The molecule has 5 nitrogen and oxygen atoms in total. The van der Waals surface area contributed by atoms with E-state index in [4.69, 9.17) is 11.6 Å². The van der Waals surface area contributed by atoms with E-state index in [0.29, 0.717) is 0 Å². The van der Waals surface area contributed by atoms with Crippen molar-refractivity contribution >= 4 is 27.6 Å². The van der Waals surface area contributed by atoms with Crippen LogP contribution in [0.5, 0.6) is 0 Å². The summed E-state index contributed by atoms with van der Waals surface area (Å²) >= 11 is 5.74. The number of nitrogens with one attached hydrogen (secondary N) is 1. The molecule has 0 bridgehead atoms. The summed E-state index contributed by atoms with van der Waals surface area (Å²) < 4.78 is 40.0. The maximum absolute atomic E-state index is 13.0. The summed E-state index contributed by atoms with van der Waals surface area (Å²) in [5.74, 6) is -1.82. The zero-order valence-electron chi connectivity index (χ0n) is 12.1. The third-order valence-electron chi connectivity index (χ3n) is 3.67. The van der Waals surface area contributed by atoms with Gasteiger partial charge in [-0.05, 0) is 45.9 Å². The van der Waals surface area contributed by atoms with E-state index in [2.05, 4.69) is 4.72 Å². The number of hydrogen-bond acceptors (Lipinski definition) is 3. The highest BCUT2D eigenvalue weighted by Crippen LogP contribution is 2.33. The molecule has 118 valence electrons. The molecule has 0 aliphatic heterocycles. The predicted octanol–water partition coefficient (Wildman–Crippen LogP) is 2.65. The lowest BCUT2D eigenvalue weighted by Gasteiger charge is -2.38. The highest BCUT2D eigenvalue weighted by Gasteiger charge is 2.46. The zero-order valence-corrected chi connectivity index (χ0v) is 13.6. The normalized spacial score (nSPS) is 13.2. The van der Waals surface area contributed by atoms with Crippen LogP contribution >= 0.6 is 11.6 Å². The Labute approximate surface area is 128 Å². The van der Waals surface area contributed by atoms with Gasteiger partial charge in [-0.25, -0.2) is 17.5 Å². The number of benzene rings is 1. The van der Waals surface area contributed by atoms with Gasteiger partial charge in [0, 0.05) is 5.54 Å². The van der Waals surface area contributed by atoms with Crippen molar-refractivity contribution in [3.8, 4) is 0 Å². The molecule has 0 saturated heterocycles. The highest BCUT2D eigenvalue weighted by atomic mass is 35.5. The number of carboxylic acid groups (broad SMARTS) is 1. The van der Waals surface area contributed by atoms with Gasteiger partial charge in [-0.3, -0.25) is 4.79 Å². The summed E-state index contributed by atoms with van der Waals surface area (Å²) in [7, 11) is -4.09. The molecule has 0 aliphatic carbocycles. The fraction of sp³-hybridized carbons (Fsp3) is 0.462. The van der Waals surface area contributed by atoms with Gasteiger partial charge in [-0.2, -0.15) is 0 Å². The Morgan fingerprint density at radius 2 is 1.81 bits per heavy atom. The molecule has 0 heterocycles. The van der Waals surface area contributed by atoms with Crippen molar-refractivity contribution in [2.45, 2.75) is 38.1 Å². The van der Waals surface area contributed by atoms with Crippen LogP contribution in [0.1, 0.15) is 27.7 Å². The first-order chi connectivity index (χ1) is 9.31. The molecule has 0 amide bonds. The topological polar surface area (TPSA) is 83.5 Å². The van der Waals surface area contributed by atoms with Crippen molar-refractivity contribution in [2.24, 2.45) is 5.41 Å². The third-order valence-corrected chi connectivity index (χ3v) is 5.81. The molecule has 8 heteroatoms. The monoisotopic (exact) mass is 337 g/mol. The fourth-order valence-electron chi connectivity index (χ4n) is 1.48. The van der Waals surface area contributed by atoms with Gasteiger partial charge in [0.05, 0.1) is 10.4 Å². The van der Waals surface area contributed by atoms with Crippen molar-refractivity contribution in [3.63, 3.8) is 0 Å². The summed E-state index contributed by atoms with van der Waals surface area (Å²) in [6.45, 7) is 5.72. The Kier molecular flexibility index (Phi) is 4.72. The van der Waals surface area contributed by atoms with Crippen LogP contribution in [0.3, 0.4) is 0 Å². The maximum atomic E-state index is 13.0. The first-order valence-corrected chi connectivity index (χ1v) is 7.90. The van der Waals surface area contributed by atoms with Gasteiger partial charge in [-0.1, -0.05) is 11.6 Å². The van der Waals surface area contributed by atoms with E-state index >= 15 is 0 Å². The number of hydrogen-bond donors (Lipinski definition) is 2. The Morgan fingerprint density at radius 3 is 2.24 bits per heavy atom. The number of sulfonamides is 1. The van der Waals surface area contributed by atoms with Crippen molar-refractivity contribution < 1.29 is 22.7 Å². The molecule has 0 spiro atoms. The maximum Gasteiger partial charge on any atom is 0.310 e. The second-order valence-corrected chi connectivity index (χ2v) is 7.79. The molecular formula is C13H17ClFNO4S. The van der Waals surface area contributed by atoms with Gasteiger partial charge in [-0.15, -0.1) is 0 Å². The molecule has 0 aliphatic rings. The van der Waals surface area contributed by atoms with Crippen molar-refractivity contribution in [1.82, 2.24) is 4.72 Å². The van der Waals surface area contributed by atoms with E-state index in [9.17, 15) is 22.7 Å². The van der Waals surface area contributed by atoms with Crippen LogP contribution in [0, 0.1) is 11.2 Å². The van der Waals surface area contributed by atoms with Gasteiger partial charge >= 0.3 is 5.97 Å². The van der Waals surface area contributed by atoms with E-state index in [0.717, 1.165) is 18.2 Å². The molecule has 0 fully saturated rings. The Hall–Kier alpha value is -1.18. The number of halogens is 2. The fourth-order valence-corrected chi connectivity index (χ4v) is 3.55. The number of aliphatic carboxylic acids is 1. The van der Waals surface area contributed by atoms with Crippen LogP contribution in [0.25, 0.3) is 0 Å². The van der Waals surface area contributed by atoms with E-state index < -0.39 is 32.8 Å². The molecule has 1 aromatic carbocycles. The third kappa shape index (κ3) is 3.53. The van der Waals surface area contributed by atoms with E-state index in [-0.39, 0.29) is 9.92 Å². The summed E-state index contributed by atoms with van der Waals surface area (Å²) in [6.07, 6.45) is 0. The molecule has 1 rings (SSSR count). The SMILES string of the molecule is CC(C)(NS(=O)(=O)c1ccc(F)cc1Cl)C(C)(C)C(=O)O. The minimum Gasteiger partial charge on any atom is -0.481 e. The zero-order chi connectivity index (χ0) is 16.6. The van der Waals surface area contributed by atoms with Gasteiger partial charge in [0.25, 0.3) is 0 Å². The molecule has 0 atom stereocenters. The number of carbonyl (C=O) groups is 1. The van der Waals surface area contributed by atoms with Crippen LogP contribution in [0.4, 0.5) is 4.39 Å². The van der Waals surface area contributed by atoms with E-state index in [1.807, 2.05) is 0 Å². The number of carboxylic acids is 1. The molecule has 0 saturated carbocycles. The lowest BCUT2D eigenvalue weighted by atomic mass is 9.75. The molecule has 0 unspecified atom stereocenters. The van der Waals surface area contributed by atoms with Gasteiger partial charge in [0.15, 0.2) is 0 Å². The number of rotatable bonds is 5. The molecule has 1 aromatic rings. The molecule has 2 N–H and O–H groups in total. The average Bonchev–Trinajstić information content (AvgIpc) is 2.25. The minimum atomic E-state index is -4.09. The van der Waals surface area contributed by atoms with Crippen molar-refractivity contribution in [3.05, 3.63) is 29.0 Å². The smallest absolute Gasteiger partial charge is 0.310 e. The second kappa shape index (κ2) is 5.55. The largest absolute Gasteiger partial charge is 0.481 e. The first kappa shape index (κ1) is 17.9. The van der Waals surface area contributed by atoms with Gasteiger partial charge < -0.3 is 5.11 Å². The molecular weight excluding hydrogens is 321 g/mol. The van der Waals surface area contributed by atoms with Gasteiger partial charge in [0.1, 0.15) is 10.7 Å².